The van der Waals surface area contributed by atoms with Gasteiger partial charge in [-0.2, -0.15) is 4.31 Å². The van der Waals surface area contributed by atoms with Crippen molar-refractivity contribution in [3.8, 4) is 0 Å². The van der Waals surface area contributed by atoms with Crippen LogP contribution in [-0.4, -0.2) is 54.6 Å². The zero-order valence-electron chi connectivity index (χ0n) is 22.2. The van der Waals surface area contributed by atoms with E-state index < -0.39 is 34.1 Å². The number of carbonyl (C=O) groups is 2. The molecule has 0 aliphatic heterocycles. The molecule has 0 unspecified atom stereocenters. The molecule has 0 saturated heterocycles. The van der Waals surface area contributed by atoms with E-state index in [1.165, 1.54) is 18.0 Å². The summed E-state index contributed by atoms with van der Waals surface area (Å²) >= 11 is 12.2. The smallest absolute Gasteiger partial charge is 0.243 e. The Kier molecular flexibility index (Phi) is 9.47. The number of carbonyl (C=O) groups excluding carboxylic acids is 2. The van der Waals surface area contributed by atoms with Crippen molar-refractivity contribution < 1.29 is 18.0 Å². The third-order valence-electron chi connectivity index (χ3n) is 6.01. The van der Waals surface area contributed by atoms with E-state index in [9.17, 15) is 18.0 Å². The van der Waals surface area contributed by atoms with Gasteiger partial charge in [-0.25, -0.2) is 8.42 Å². The number of rotatable bonds is 9. The average Bonchev–Trinajstić information content (AvgIpc) is 2.84. The van der Waals surface area contributed by atoms with Crippen LogP contribution in [0.5, 0.6) is 0 Å². The summed E-state index contributed by atoms with van der Waals surface area (Å²) in [6.07, 6.45) is 0.329. The van der Waals surface area contributed by atoms with Gasteiger partial charge < -0.3 is 10.2 Å². The van der Waals surface area contributed by atoms with E-state index in [0.717, 1.165) is 15.1 Å². The van der Waals surface area contributed by atoms with Gasteiger partial charge in [0.25, 0.3) is 0 Å². The molecule has 3 aromatic carbocycles. The van der Waals surface area contributed by atoms with Gasteiger partial charge in [-0.3, -0.25) is 9.59 Å². The Hall–Kier alpha value is -2.65. The van der Waals surface area contributed by atoms with Gasteiger partial charge in [-0.05, 0) is 67.8 Å². The predicted octanol–water partition coefficient (Wildman–Crippen LogP) is 5.49. The summed E-state index contributed by atoms with van der Waals surface area (Å²) in [4.78, 5) is 28.3. The van der Waals surface area contributed by atoms with Gasteiger partial charge in [-0.1, -0.05) is 66.5 Å². The summed E-state index contributed by atoms with van der Waals surface area (Å²) < 4.78 is 27.8. The summed E-state index contributed by atoms with van der Waals surface area (Å²) in [5, 5.41) is 5.30. The van der Waals surface area contributed by atoms with Gasteiger partial charge >= 0.3 is 0 Å². The Bertz CT molecular complexity index is 1440. The van der Waals surface area contributed by atoms with Crippen LogP contribution in [0, 0.1) is 0 Å². The highest BCUT2D eigenvalue weighted by Gasteiger charge is 2.33. The van der Waals surface area contributed by atoms with Crippen LogP contribution in [0.25, 0.3) is 10.8 Å². The second kappa shape index (κ2) is 12.0. The first-order valence-corrected chi connectivity index (χ1v) is 14.4. The molecule has 1 atom stereocenters. The fourth-order valence-electron chi connectivity index (χ4n) is 4.08. The molecule has 0 heterocycles. The number of hydrogen-bond acceptors (Lipinski definition) is 4. The van der Waals surface area contributed by atoms with Crippen molar-refractivity contribution in [3.63, 3.8) is 0 Å². The molecule has 2 amide bonds. The lowest BCUT2D eigenvalue weighted by atomic mass is 10.1. The number of benzene rings is 3. The molecular formula is C28H33Cl2N3O4S. The quantitative estimate of drug-likeness (QED) is 0.364. The van der Waals surface area contributed by atoms with Crippen molar-refractivity contribution in [1.29, 1.82) is 0 Å². The topological polar surface area (TPSA) is 86.8 Å². The molecule has 7 nitrogen and oxygen atoms in total. The van der Waals surface area contributed by atoms with Crippen molar-refractivity contribution in [3.05, 3.63) is 76.3 Å². The Morgan fingerprint density at radius 2 is 1.61 bits per heavy atom. The van der Waals surface area contributed by atoms with Gasteiger partial charge in [0.2, 0.25) is 21.8 Å². The van der Waals surface area contributed by atoms with Gasteiger partial charge in [-0.15, -0.1) is 0 Å². The number of fused-ring (bicyclic) bond motifs is 1. The highest BCUT2D eigenvalue weighted by Crippen LogP contribution is 2.25. The molecule has 10 heteroatoms. The molecule has 0 radical (unpaired) electrons. The minimum atomic E-state index is -3.98. The minimum absolute atomic E-state index is 0.0512. The first-order valence-electron chi connectivity index (χ1n) is 12.2. The Morgan fingerprint density at radius 1 is 0.947 bits per heavy atom. The predicted molar refractivity (Wildman–Crippen MR) is 153 cm³/mol. The molecule has 1 N–H and O–H groups in total. The van der Waals surface area contributed by atoms with Gasteiger partial charge in [0.05, 0.1) is 21.5 Å². The van der Waals surface area contributed by atoms with Crippen molar-refractivity contribution >= 4 is 55.8 Å². The van der Waals surface area contributed by atoms with Crippen LogP contribution in [0.15, 0.2) is 65.6 Å². The third kappa shape index (κ3) is 7.26. The number of likely N-dealkylation sites (N-methyl/N-ethyl adjacent to an activating group) is 1. The molecule has 0 saturated carbocycles. The Balaban J connectivity index is 1.91. The highest BCUT2D eigenvalue weighted by molar-refractivity contribution is 7.89. The summed E-state index contributed by atoms with van der Waals surface area (Å²) in [6.45, 7) is 6.97. The van der Waals surface area contributed by atoms with E-state index in [-0.39, 0.29) is 17.3 Å². The molecular weight excluding hydrogens is 545 g/mol. The van der Waals surface area contributed by atoms with E-state index in [0.29, 0.717) is 22.0 Å². The number of nitrogens with zero attached hydrogens (tertiary/aromatic N) is 2. The van der Waals surface area contributed by atoms with Crippen molar-refractivity contribution in [2.24, 2.45) is 0 Å². The first kappa shape index (κ1) is 29.9. The first-order chi connectivity index (χ1) is 17.7. The number of amides is 2. The maximum absolute atomic E-state index is 13.7. The largest absolute Gasteiger partial charge is 0.350 e. The lowest BCUT2D eigenvalue weighted by molar-refractivity contribution is -0.142. The zero-order chi connectivity index (χ0) is 28.3. The van der Waals surface area contributed by atoms with E-state index in [2.05, 4.69) is 5.32 Å². The van der Waals surface area contributed by atoms with Crippen molar-refractivity contribution in [1.82, 2.24) is 14.5 Å². The van der Waals surface area contributed by atoms with Gasteiger partial charge in [0.1, 0.15) is 6.04 Å². The molecule has 3 rings (SSSR count). The molecule has 0 aliphatic rings. The van der Waals surface area contributed by atoms with E-state index in [1.807, 2.05) is 45.0 Å². The molecule has 0 spiro atoms. The monoisotopic (exact) mass is 577 g/mol. The fourth-order valence-corrected chi connectivity index (χ4v) is 5.56. The molecule has 38 heavy (non-hydrogen) atoms. The normalized spacial score (nSPS) is 12.9. The molecule has 0 aromatic heterocycles. The standard InChI is InChI=1S/C28H33Cl2N3O4S/c1-6-25(27(35)31-28(2,3)4)33(17-19-11-14-23(29)24(30)15-19)26(34)18-32(5)38(36,37)22-13-12-20-9-7-8-10-21(20)16-22/h7-16,25H,6,17-18H2,1-5H3,(H,31,35)/t25-/m1/s1. The molecule has 0 aliphatic carbocycles. The van der Waals surface area contributed by atoms with E-state index in [4.69, 9.17) is 23.2 Å². The summed E-state index contributed by atoms with van der Waals surface area (Å²) in [7, 11) is -2.62. The van der Waals surface area contributed by atoms with Crippen molar-refractivity contribution in [2.45, 2.75) is 57.1 Å². The van der Waals surface area contributed by atoms with Crippen LogP contribution in [-0.2, 0) is 26.2 Å². The number of sulfonamides is 1. The summed E-state index contributed by atoms with van der Waals surface area (Å²) in [5.74, 6) is -0.840. The number of hydrogen-bond donors (Lipinski definition) is 1. The molecule has 0 bridgehead atoms. The Labute approximate surface area is 234 Å². The highest BCUT2D eigenvalue weighted by atomic mass is 35.5. The van der Waals surface area contributed by atoms with Crippen LogP contribution in [0.4, 0.5) is 0 Å². The van der Waals surface area contributed by atoms with Gasteiger partial charge in [0, 0.05) is 19.1 Å². The van der Waals surface area contributed by atoms with E-state index >= 15 is 0 Å². The SMILES string of the molecule is CC[C@H](C(=O)NC(C)(C)C)N(Cc1ccc(Cl)c(Cl)c1)C(=O)CN(C)S(=O)(=O)c1ccc2ccccc2c1. The second-order valence-corrected chi connectivity index (χ2v) is 13.1. The molecule has 204 valence electrons. The lowest BCUT2D eigenvalue weighted by Gasteiger charge is -2.34. The number of halogens is 2. The zero-order valence-corrected chi connectivity index (χ0v) is 24.5. The van der Waals surface area contributed by atoms with E-state index in [1.54, 1.807) is 37.3 Å². The number of nitrogens with one attached hydrogen (secondary N) is 1. The summed E-state index contributed by atoms with van der Waals surface area (Å²) in [5.41, 5.74) is 0.147. The van der Waals surface area contributed by atoms with Crippen LogP contribution in [0.3, 0.4) is 0 Å². The summed E-state index contributed by atoms with van der Waals surface area (Å²) in [6, 6.07) is 16.4. The lowest BCUT2D eigenvalue weighted by Crippen LogP contribution is -2.55. The maximum atomic E-state index is 13.7. The maximum Gasteiger partial charge on any atom is 0.243 e. The van der Waals surface area contributed by atoms with Crippen LogP contribution < -0.4 is 5.32 Å². The fraction of sp³-hybridized carbons (Fsp3) is 0.357. The molecule has 3 aromatic rings. The average molecular weight is 579 g/mol. The Morgan fingerprint density at radius 3 is 2.21 bits per heavy atom. The van der Waals surface area contributed by atoms with Crippen LogP contribution in [0.2, 0.25) is 10.0 Å². The third-order valence-corrected chi connectivity index (χ3v) is 8.55. The second-order valence-electron chi connectivity index (χ2n) is 10.2. The van der Waals surface area contributed by atoms with Crippen LogP contribution >= 0.6 is 23.2 Å². The minimum Gasteiger partial charge on any atom is -0.350 e. The van der Waals surface area contributed by atoms with Crippen LogP contribution in [0.1, 0.15) is 39.7 Å². The van der Waals surface area contributed by atoms with Crippen molar-refractivity contribution in [2.75, 3.05) is 13.6 Å². The van der Waals surface area contributed by atoms with Gasteiger partial charge in [0.15, 0.2) is 0 Å². The molecule has 0 fully saturated rings.